The lowest BCUT2D eigenvalue weighted by Gasteiger charge is -2.37. The maximum absolute atomic E-state index is 10.0. The van der Waals surface area contributed by atoms with E-state index >= 15 is 0 Å². The average molecular weight is 281 g/mol. The van der Waals surface area contributed by atoms with Crippen molar-refractivity contribution in [3.05, 3.63) is 23.7 Å². The summed E-state index contributed by atoms with van der Waals surface area (Å²) < 4.78 is 5.36. The Balaban J connectivity index is 1.76. The Morgan fingerprint density at radius 1 is 1.45 bits per heavy atom. The summed E-state index contributed by atoms with van der Waals surface area (Å²) in [6, 6.07) is 3.58. The largest absolute Gasteiger partial charge is 0.464 e. The van der Waals surface area contributed by atoms with Gasteiger partial charge < -0.3 is 25.3 Å². The molecule has 4 N–H and O–H groups in total. The second kappa shape index (κ2) is 6.28. The Morgan fingerprint density at radius 3 is 2.70 bits per heavy atom. The lowest BCUT2D eigenvalue weighted by Crippen LogP contribution is -2.51. The van der Waals surface area contributed by atoms with Gasteiger partial charge in [-0.1, -0.05) is 0 Å². The van der Waals surface area contributed by atoms with Gasteiger partial charge in [-0.15, -0.1) is 0 Å². The van der Waals surface area contributed by atoms with E-state index < -0.39 is 11.7 Å². The normalized spacial score (nSPS) is 19.3. The number of hydrogen-bond donors (Lipinski definition) is 4. The van der Waals surface area contributed by atoms with Crippen molar-refractivity contribution >= 4 is 5.96 Å². The van der Waals surface area contributed by atoms with Gasteiger partial charge in [0, 0.05) is 13.6 Å². The Labute approximate surface area is 118 Å². The van der Waals surface area contributed by atoms with Crippen molar-refractivity contribution in [1.29, 1.82) is 0 Å². The van der Waals surface area contributed by atoms with Crippen molar-refractivity contribution in [2.75, 3.05) is 20.1 Å². The molecule has 1 aliphatic carbocycles. The van der Waals surface area contributed by atoms with Gasteiger partial charge in [-0.3, -0.25) is 4.99 Å². The summed E-state index contributed by atoms with van der Waals surface area (Å²) >= 11 is 0. The van der Waals surface area contributed by atoms with Gasteiger partial charge in [0.1, 0.15) is 17.6 Å². The fourth-order valence-corrected chi connectivity index (χ4v) is 2.16. The van der Waals surface area contributed by atoms with E-state index in [9.17, 15) is 10.2 Å². The lowest BCUT2D eigenvalue weighted by molar-refractivity contribution is -0.0279. The molecule has 6 heteroatoms. The highest BCUT2D eigenvalue weighted by atomic mass is 16.4. The third-order valence-electron chi connectivity index (χ3n) is 3.65. The molecule has 1 heterocycles. The topological polar surface area (TPSA) is 90.0 Å². The number of nitrogens with one attached hydrogen (secondary N) is 2. The fourth-order valence-electron chi connectivity index (χ4n) is 2.16. The van der Waals surface area contributed by atoms with Crippen molar-refractivity contribution in [3.63, 3.8) is 0 Å². The zero-order chi connectivity index (χ0) is 14.6. The van der Waals surface area contributed by atoms with E-state index in [0.29, 0.717) is 24.8 Å². The molecule has 1 aliphatic rings. The molecule has 1 fully saturated rings. The minimum atomic E-state index is -0.728. The van der Waals surface area contributed by atoms with Gasteiger partial charge in [0.05, 0.1) is 12.1 Å². The van der Waals surface area contributed by atoms with Crippen LogP contribution in [0.1, 0.15) is 36.9 Å². The van der Waals surface area contributed by atoms with Gasteiger partial charge in [0.25, 0.3) is 0 Å². The fraction of sp³-hybridized carbons (Fsp3) is 0.643. The first-order valence-corrected chi connectivity index (χ1v) is 6.94. The molecular formula is C14H23N3O3. The number of aliphatic imine (C=N–C) groups is 1. The van der Waals surface area contributed by atoms with E-state index in [1.807, 2.05) is 13.0 Å². The molecule has 0 aromatic carbocycles. The molecule has 0 aliphatic heterocycles. The summed E-state index contributed by atoms with van der Waals surface area (Å²) in [5, 5.41) is 26.1. The highest BCUT2D eigenvalue weighted by Crippen LogP contribution is 2.30. The van der Waals surface area contributed by atoms with Crippen LogP contribution in [0.5, 0.6) is 0 Å². The number of aliphatic hydroxyl groups excluding tert-OH is 1. The maximum Gasteiger partial charge on any atom is 0.191 e. The van der Waals surface area contributed by atoms with E-state index in [2.05, 4.69) is 15.6 Å². The second-order valence-corrected chi connectivity index (χ2v) is 5.35. The highest BCUT2D eigenvalue weighted by Gasteiger charge is 2.34. The van der Waals surface area contributed by atoms with Crippen LogP contribution in [-0.2, 0) is 0 Å². The summed E-state index contributed by atoms with van der Waals surface area (Å²) in [7, 11) is 1.66. The van der Waals surface area contributed by atoms with Crippen LogP contribution in [0.2, 0.25) is 0 Å². The first-order chi connectivity index (χ1) is 9.52. The van der Waals surface area contributed by atoms with Crippen molar-refractivity contribution in [3.8, 4) is 0 Å². The Bertz CT molecular complexity index is 466. The summed E-state index contributed by atoms with van der Waals surface area (Å²) in [6.45, 7) is 2.61. The van der Waals surface area contributed by atoms with E-state index in [-0.39, 0.29) is 0 Å². The monoisotopic (exact) mass is 281 g/mol. The molecule has 2 rings (SSSR count). The average Bonchev–Trinajstić information content (AvgIpc) is 2.83. The van der Waals surface area contributed by atoms with E-state index in [0.717, 1.165) is 25.0 Å². The molecule has 1 unspecified atom stereocenters. The standard InChI is InChI=1S/C14H23N3O3/c1-10-4-5-12(20-10)11(18)8-16-13(15-2)17-9-14(19)6-3-7-14/h4-5,11,18-19H,3,6-9H2,1-2H3,(H2,15,16,17). The molecule has 1 aromatic heterocycles. The number of hydrogen-bond acceptors (Lipinski definition) is 4. The summed E-state index contributed by atoms with van der Waals surface area (Å²) in [4.78, 5) is 4.06. The van der Waals surface area contributed by atoms with Crippen LogP contribution in [0.4, 0.5) is 0 Å². The smallest absolute Gasteiger partial charge is 0.191 e. The molecule has 0 radical (unpaired) electrons. The third-order valence-corrected chi connectivity index (χ3v) is 3.65. The van der Waals surface area contributed by atoms with Crippen molar-refractivity contribution in [2.24, 2.45) is 4.99 Å². The molecule has 0 amide bonds. The van der Waals surface area contributed by atoms with Crippen molar-refractivity contribution in [2.45, 2.75) is 37.9 Å². The van der Waals surface area contributed by atoms with Crippen LogP contribution in [0, 0.1) is 6.92 Å². The molecule has 0 saturated heterocycles. The van der Waals surface area contributed by atoms with Crippen LogP contribution in [0.25, 0.3) is 0 Å². The molecule has 20 heavy (non-hydrogen) atoms. The van der Waals surface area contributed by atoms with Gasteiger partial charge in [-0.2, -0.15) is 0 Å². The minimum absolute atomic E-state index is 0.297. The van der Waals surface area contributed by atoms with Gasteiger partial charge in [-0.25, -0.2) is 0 Å². The molecular weight excluding hydrogens is 258 g/mol. The van der Waals surface area contributed by atoms with Gasteiger partial charge >= 0.3 is 0 Å². The highest BCUT2D eigenvalue weighted by molar-refractivity contribution is 5.79. The van der Waals surface area contributed by atoms with E-state index in [1.165, 1.54) is 0 Å². The van der Waals surface area contributed by atoms with E-state index in [1.54, 1.807) is 13.1 Å². The lowest BCUT2D eigenvalue weighted by atomic mass is 9.80. The predicted octanol–water partition coefficient (Wildman–Crippen LogP) is 0.701. The van der Waals surface area contributed by atoms with Crippen LogP contribution >= 0.6 is 0 Å². The number of guanidine groups is 1. The van der Waals surface area contributed by atoms with Gasteiger partial charge in [0.2, 0.25) is 0 Å². The molecule has 1 aromatic rings. The zero-order valence-corrected chi connectivity index (χ0v) is 12.0. The molecule has 0 spiro atoms. The number of aryl methyl sites for hydroxylation is 1. The van der Waals surface area contributed by atoms with Gasteiger partial charge in [0.15, 0.2) is 5.96 Å². The molecule has 6 nitrogen and oxygen atoms in total. The maximum atomic E-state index is 10.0. The number of rotatable bonds is 5. The Hall–Kier alpha value is -1.53. The van der Waals surface area contributed by atoms with Crippen LogP contribution < -0.4 is 10.6 Å². The first-order valence-electron chi connectivity index (χ1n) is 6.94. The van der Waals surface area contributed by atoms with Crippen LogP contribution in [-0.4, -0.2) is 41.9 Å². The Kier molecular flexibility index (Phi) is 4.67. The quantitative estimate of drug-likeness (QED) is 0.471. The number of furan rings is 1. The van der Waals surface area contributed by atoms with Crippen molar-refractivity contribution < 1.29 is 14.6 Å². The molecule has 112 valence electrons. The van der Waals surface area contributed by atoms with Crippen molar-refractivity contribution in [1.82, 2.24) is 10.6 Å². The van der Waals surface area contributed by atoms with Crippen LogP contribution in [0.3, 0.4) is 0 Å². The zero-order valence-electron chi connectivity index (χ0n) is 12.0. The molecule has 1 atom stereocenters. The Morgan fingerprint density at radius 2 is 2.20 bits per heavy atom. The number of nitrogens with zero attached hydrogens (tertiary/aromatic N) is 1. The van der Waals surface area contributed by atoms with Crippen LogP contribution in [0.15, 0.2) is 21.5 Å². The third kappa shape index (κ3) is 3.74. The predicted molar refractivity (Wildman–Crippen MR) is 76.6 cm³/mol. The molecule has 0 bridgehead atoms. The van der Waals surface area contributed by atoms with Gasteiger partial charge in [-0.05, 0) is 38.3 Å². The summed E-state index contributed by atoms with van der Waals surface area (Å²) in [5.74, 6) is 1.87. The number of aliphatic hydroxyl groups is 2. The van der Waals surface area contributed by atoms with E-state index in [4.69, 9.17) is 4.42 Å². The minimum Gasteiger partial charge on any atom is -0.464 e. The second-order valence-electron chi connectivity index (χ2n) is 5.35. The summed E-state index contributed by atoms with van der Waals surface area (Å²) in [5.41, 5.74) is -0.603. The first kappa shape index (κ1) is 14.9. The SMILES string of the molecule is CN=C(NCC(O)c1ccc(C)o1)NCC1(O)CCC1. The summed E-state index contributed by atoms with van der Waals surface area (Å²) in [6.07, 6.45) is 1.99. The molecule has 1 saturated carbocycles.